The van der Waals surface area contributed by atoms with Crippen molar-refractivity contribution in [3.63, 3.8) is 0 Å². The summed E-state index contributed by atoms with van der Waals surface area (Å²) < 4.78 is 13.1. The first-order valence-corrected chi connectivity index (χ1v) is 9.38. The van der Waals surface area contributed by atoms with Crippen molar-refractivity contribution in [2.45, 2.75) is 36.1 Å². The van der Waals surface area contributed by atoms with E-state index in [4.69, 9.17) is 11.6 Å². The molecular weight excluding hydrogens is 328 g/mol. The van der Waals surface area contributed by atoms with Crippen molar-refractivity contribution in [2.24, 2.45) is 0 Å². The van der Waals surface area contributed by atoms with Gasteiger partial charge in [-0.05, 0) is 25.0 Å². The monoisotopic (exact) mass is 346 g/mol. The molecule has 0 aromatic heterocycles. The fourth-order valence-electron chi connectivity index (χ4n) is 2.93. The average Bonchev–Trinajstić information content (AvgIpc) is 2.54. The zero-order valence-electron chi connectivity index (χ0n) is 13.2. The van der Waals surface area contributed by atoms with Gasteiger partial charge in [0.25, 0.3) is 0 Å². The summed E-state index contributed by atoms with van der Waals surface area (Å²) in [6, 6.07) is 15.7. The van der Waals surface area contributed by atoms with Gasteiger partial charge in [0.15, 0.2) is 5.78 Å². The molecule has 1 aliphatic heterocycles. The lowest BCUT2D eigenvalue weighted by atomic mass is 9.99. The Morgan fingerprint density at radius 2 is 1.39 bits per heavy atom. The van der Waals surface area contributed by atoms with Crippen molar-refractivity contribution in [1.82, 2.24) is 0 Å². The molecule has 0 N–H and O–H groups in total. The number of alkyl halides is 1. The summed E-state index contributed by atoms with van der Waals surface area (Å²) >= 11 is 6.34. The van der Waals surface area contributed by atoms with E-state index in [0.29, 0.717) is 0 Å². The van der Waals surface area contributed by atoms with Crippen LogP contribution in [0.2, 0.25) is 0 Å². The highest BCUT2D eigenvalue weighted by Gasteiger charge is 2.42. The Labute approximate surface area is 144 Å². The van der Waals surface area contributed by atoms with E-state index in [1.165, 1.54) is 0 Å². The highest BCUT2D eigenvalue weighted by Crippen LogP contribution is 2.42. The lowest BCUT2D eigenvalue weighted by Crippen LogP contribution is -2.35. The number of carbonyl (C=O) groups is 1. The molecule has 0 spiro atoms. The number of aryl methyl sites for hydroxylation is 2. The maximum atomic E-state index is 13.1. The minimum absolute atomic E-state index is 0.0255. The van der Waals surface area contributed by atoms with Crippen LogP contribution in [0, 0.1) is 13.8 Å². The van der Waals surface area contributed by atoms with Crippen LogP contribution in [0.25, 0.3) is 0 Å². The van der Waals surface area contributed by atoms with E-state index in [1.807, 2.05) is 62.4 Å². The summed E-state index contributed by atoms with van der Waals surface area (Å²) in [7, 11) is -1.23. The fraction of sp³-hybridized carbons (Fsp3) is 0.316. The van der Waals surface area contributed by atoms with Crippen molar-refractivity contribution in [1.29, 1.82) is 0 Å². The molecule has 1 saturated heterocycles. The largest absolute Gasteiger partial charge is 0.298 e. The van der Waals surface area contributed by atoms with E-state index in [1.54, 1.807) is 0 Å². The van der Waals surface area contributed by atoms with Gasteiger partial charge in [0.1, 0.15) is 5.38 Å². The van der Waals surface area contributed by atoms with Crippen LogP contribution < -0.4 is 0 Å². The standard InChI is InChI=1S/C19H19ClO2S/c1-12-3-7-14(8-4-12)17-11-16(21)18(20)19(23(17)22)15-9-5-13(2)6-10-15/h3-10,17-19H,11H2,1-2H3. The molecule has 0 bridgehead atoms. The van der Waals surface area contributed by atoms with Crippen molar-refractivity contribution in [2.75, 3.05) is 0 Å². The number of rotatable bonds is 2. The molecule has 3 rings (SSSR count). The van der Waals surface area contributed by atoms with Gasteiger partial charge in [0.2, 0.25) is 0 Å². The van der Waals surface area contributed by atoms with Crippen LogP contribution in [0.4, 0.5) is 0 Å². The van der Waals surface area contributed by atoms with Gasteiger partial charge < -0.3 is 0 Å². The van der Waals surface area contributed by atoms with E-state index < -0.39 is 21.4 Å². The number of hydrogen-bond donors (Lipinski definition) is 0. The smallest absolute Gasteiger partial charge is 0.153 e. The molecule has 2 aromatic carbocycles. The molecule has 1 heterocycles. The molecule has 4 unspecified atom stereocenters. The normalized spacial score (nSPS) is 27.9. The Morgan fingerprint density at radius 1 is 0.913 bits per heavy atom. The van der Waals surface area contributed by atoms with E-state index in [-0.39, 0.29) is 17.5 Å². The quantitative estimate of drug-likeness (QED) is 0.754. The second kappa shape index (κ2) is 6.58. The molecule has 1 aliphatic rings. The first-order chi connectivity index (χ1) is 11.0. The third-order valence-corrected chi connectivity index (χ3v) is 7.04. The van der Waals surface area contributed by atoms with Gasteiger partial charge in [0.05, 0.1) is 10.5 Å². The minimum Gasteiger partial charge on any atom is -0.298 e. The predicted molar refractivity (Wildman–Crippen MR) is 95.2 cm³/mol. The van der Waals surface area contributed by atoms with E-state index >= 15 is 0 Å². The van der Waals surface area contributed by atoms with Gasteiger partial charge in [-0.2, -0.15) is 0 Å². The SMILES string of the molecule is Cc1ccc(C2CC(=O)C(Cl)C(c3ccc(C)cc3)S2=O)cc1. The van der Waals surface area contributed by atoms with Crippen LogP contribution in [0.3, 0.4) is 0 Å². The third-order valence-electron chi connectivity index (χ3n) is 4.35. The molecule has 2 nitrogen and oxygen atoms in total. The van der Waals surface area contributed by atoms with Crippen LogP contribution in [0.15, 0.2) is 48.5 Å². The Bertz CT molecular complexity index is 737. The Balaban J connectivity index is 1.98. The second-order valence-electron chi connectivity index (χ2n) is 6.13. The van der Waals surface area contributed by atoms with E-state index in [9.17, 15) is 9.00 Å². The molecule has 0 radical (unpaired) electrons. The van der Waals surface area contributed by atoms with Crippen LogP contribution in [0.5, 0.6) is 0 Å². The van der Waals surface area contributed by atoms with Crippen molar-refractivity contribution >= 4 is 28.2 Å². The molecule has 120 valence electrons. The summed E-state index contributed by atoms with van der Waals surface area (Å²) in [6.45, 7) is 4.01. The topological polar surface area (TPSA) is 34.1 Å². The fourth-order valence-corrected chi connectivity index (χ4v) is 5.39. The van der Waals surface area contributed by atoms with Gasteiger partial charge in [0, 0.05) is 17.2 Å². The van der Waals surface area contributed by atoms with E-state index in [0.717, 1.165) is 22.3 Å². The summed E-state index contributed by atoms with van der Waals surface area (Å²) in [5.74, 6) is -0.0255. The van der Waals surface area contributed by atoms with Gasteiger partial charge in [-0.25, -0.2) is 0 Å². The lowest BCUT2D eigenvalue weighted by Gasteiger charge is -2.32. The summed E-state index contributed by atoms with van der Waals surface area (Å²) in [5, 5.41) is -1.46. The van der Waals surface area contributed by atoms with Crippen LogP contribution >= 0.6 is 11.6 Å². The maximum Gasteiger partial charge on any atom is 0.153 e. The number of benzene rings is 2. The molecule has 2 aromatic rings. The third kappa shape index (κ3) is 3.26. The highest BCUT2D eigenvalue weighted by molar-refractivity contribution is 7.85. The number of halogens is 1. The van der Waals surface area contributed by atoms with Crippen molar-refractivity contribution < 1.29 is 9.00 Å². The molecule has 4 heteroatoms. The van der Waals surface area contributed by atoms with Crippen molar-refractivity contribution in [3.8, 4) is 0 Å². The first kappa shape index (κ1) is 16.4. The van der Waals surface area contributed by atoms with Gasteiger partial charge in [-0.3, -0.25) is 9.00 Å². The number of hydrogen-bond acceptors (Lipinski definition) is 2. The molecular formula is C19H19ClO2S. The predicted octanol–water partition coefficient (Wildman–Crippen LogP) is 4.41. The van der Waals surface area contributed by atoms with Crippen molar-refractivity contribution in [3.05, 3.63) is 70.8 Å². The molecule has 23 heavy (non-hydrogen) atoms. The number of Topliss-reactive ketones (excluding diaryl/α,β-unsaturated/α-hetero) is 1. The zero-order chi connectivity index (χ0) is 16.6. The molecule has 0 saturated carbocycles. The Kier molecular flexibility index (Phi) is 4.69. The molecule has 1 fully saturated rings. The zero-order valence-corrected chi connectivity index (χ0v) is 14.7. The maximum absolute atomic E-state index is 13.1. The highest BCUT2D eigenvalue weighted by atomic mass is 35.5. The van der Waals surface area contributed by atoms with Crippen LogP contribution in [0.1, 0.15) is 39.2 Å². The number of carbonyl (C=O) groups excluding carboxylic acids is 1. The first-order valence-electron chi connectivity index (χ1n) is 7.66. The van der Waals surface area contributed by atoms with Gasteiger partial charge in [-0.1, -0.05) is 59.7 Å². The lowest BCUT2D eigenvalue weighted by molar-refractivity contribution is -0.119. The summed E-state index contributed by atoms with van der Waals surface area (Å²) in [4.78, 5) is 12.4. The van der Waals surface area contributed by atoms with Gasteiger partial charge in [-0.15, -0.1) is 11.6 Å². The molecule has 0 amide bonds. The summed E-state index contributed by atoms with van der Waals surface area (Å²) in [6.07, 6.45) is 0.242. The average molecular weight is 347 g/mol. The van der Waals surface area contributed by atoms with Crippen LogP contribution in [-0.4, -0.2) is 15.4 Å². The van der Waals surface area contributed by atoms with Gasteiger partial charge >= 0.3 is 0 Å². The Hall–Kier alpha value is -1.45. The molecule has 4 atom stereocenters. The summed E-state index contributed by atoms with van der Waals surface area (Å²) in [5.41, 5.74) is 4.09. The van der Waals surface area contributed by atoms with E-state index in [2.05, 4.69) is 0 Å². The van der Waals surface area contributed by atoms with Crippen LogP contribution in [-0.2, 0) is 15.6 Å². The molecule has 0 aliphatic carbocycles. The minimum atomic E-state index is -1.23. The number of ketones is 1. The second-order valence-corrected chi connectivity index (χ2v) is 8.34. The Morgan fingerprint density at radius 3 is 1.91 bits per heavy atom.